The van der Waals surface area contributed by atoms with Gasteiger partial charge in [0.25, 0.3) is 0 Å². The zero-order chi connectivity index (χ0) is 14.1. The predicted molar refractivity (Wildman–Crippen MR) is 79.6 cm³/mol. The molecule has 0 amide bonds. The van der Waals surface area contributed by atoms with Crippen LogP contribution in [0.4, 0.5) is 0 Å². The lowest BCUT2D eigenvalue weighted by Crippen LogP contribution is -2.22. The summed E-state index contributed by atoms with van der Waals surface area (Å²) in [5.74, 6) is 0.576. The van der Waals surface area contributed by atoms with E-state index in [1.54, 1.807) is 7.11 Å². The Morgan fingerprint density at radius 3 is 2.21 bits per heavy atom. The molecule has 0 spiro atoms. The van der Waals surface area contributed by atoms with Gasteiger partial charge >= 0.3 is 0 Å². The van der Waals surface area contributed by atoms with E-state index >= 15 is 0 Å². The molecule has 3 nitrogen and oxygen atoms in total. The van der Waals surface area contributed by atoms with Crippen molar-refractivity contribution >= 4 is 0 Å². The van der Waals surface area contributed by atoms with Gasteiger partial charge in [0.05, 0.1) is 12.6 Å². The monoisotopic (exact) mass is 265 g/mol. The second-order valence-corrected chi connectivity index (χ2v) is 5.08. The molecule has 0 bridgehead atoms. The summed E-state index contributed by atoms with van der Waals surface area (Å²) in [6.45, 7) is 6.62. The van der Waals surface area contributed by atoms with Gasteiger partial charge in [0.2, 0.25) is 0 Å². The van der Waals surface area contributed by atoms with E-state index in [-0.39, 0.29) is 6.04 Å². The predicted octanol–water partition coefficient (Wildman–Crippen LogP) is 3.12. The molecular formula is C16H27NO2. The van der Waals surface area contributed by atoms with E-state index in [0.29, 0.717) is 12.5 Å². The van der Waals surface area contributed by atoms with Crippen molar-refractivity contribution in [2.24, 2.45) is 0 Å². The molecule has 1 aromatic carbocycles. The van der Waals surface area contributed by atoms with E-state index < -0.39 is 0 Å². The summed E-state index contributed by atoms with van der Waals surface area (Å²) in [5.41, 5.74) is 2.65. The largest absolute Gasteiger partial charge is 0.385 e. The van der Waals surface area contributed by atoms with E-state index in [4.69, 9.17) is 9.47 Å². The van der Waals surface area contributed by atoms with Gasteiger partial charge in [0.15, 0.2) is 0 Å². The fourth-order valence-corrected chi connectivity index (χ4v) is 1.97. The first kappa shape index (κ1) is 16.2. The minimum Gasteiger partial charge on any atom is -0.385 e. The molecule has 1 rings (SSSR count). The first-order valence-corrected chi connectivity index (χ1v) is 7.02. The third-order valence-corrected chi connectivity index (χ3v) is 3.28. The summed E-state index contributed by atoms with van der Waals surface area (Å²) in [7, 11) is 3.69. The topological polar surface area (TPSA) is 30.5 Å². The molecule has 0 aliphatic carbocycles. The lowest BCUT2D eigenvalue weighted by molar-refractivity contribution is 0.0889. The molecule has 108 valence electrons. The number of benzene rings is 1. The zero-order valence-electron chi connectivity index (χ0n) is 12.6. The van der Waals surface area contributed by atoms with Gasteiger partial charge < -0.3 is 14.8 Å². The smallest absolute Gasteiger partial charge is 0.0661 e. The molecule has 0 saturated carbocycles. The zero-order valence-corrected chi connectivity index (χ0v) is 12.6. The third-order valence-electron chi connectivity index (χ3n) is 3.28. The molecular weight excluding hydrogens is 238 g/mol. The van der Waals surface area contributed by atoms with Crippen molar-refractivity contribution in [3.8, 4) is 0 Å². The van der Waals surface area contributed by atoms with Crippen LogP contribution in [0.2, 0.25) is 0 Å². The Labute approximate surface area is 117 Å². The highest BCUT2D eigenvalue weighted by Crippen LogP contribution is 2.18. The standard InChI is InChI=1S/C16H27NO2/c1-13(2)14-6-8-15(9-7-14)16(17-3)12-19-11-5-10-18-4/h6-9,13,16-17H,5,10-12H2,1-4H3. The molecule has 1 aromatic rings. The number of ether oxygens (including phenoxy) is 2. The molecule has 1 unspecified atom stereocenters. The molecule has 0 aromatic heterocycles. The maximum atomic E-state index is 5.68. The summed E-state index contributed by atoms with van der Waals surface area (Å²) in [6.07, 6.45) is 0.944. The first-order chi connectivity index (χ1) is 9.19. The second kappa shape index (κ2) is 9.08. The summed E-state index contributed by atoms with van der Waals surface area (Å²) in [6, 6.07) is 9.04. The van der Waals surface area contributed by atoms with Crippen LogP contribution in [0.15, 0.2) is 24.3 Å². The van der Waals surface area contributed by atoms with Crippen LogP contribution in [0.5, 0.6) is 0 Å². The van der Waals surface area contributed by atoms with Gasteiger partial charge in [-0.2, -0.15) is 0 Å². The minimum absolute atomic E-state index is 0.253. The maximum Gasteiger partial charge on any atom is 0.0661 e. The molecule has 0 fully saturated rings. The van der Waals surface area contributed by atoms with Crippen LogP contribution < -0.4 is 5.32 Å². The highest BCUT2D eigenvalue weighted by Gasteiger charge is 2.09. The summed E-state index contributed by atoms with van der Waals surface area (Å²) >= 11 is 0. The van der Waals surface area contributed by atoms with Crippen LogP contribution in [-0.2, 0) is 9.47 Å². The van der Waals surface area contributed by atoms with Crippen molar-refractivity contribution in [3.05, 3.63) is 35.4 Å². The van der Waals surface area contributed by atoms with E-state index in [9.17, 15) is 0 Å². The summed E-state index contributed by atoms with van der Waals surface area (Å²) in [5, 5.41) is 3.30. The number of methoxy groups -OCH3 is 1. The lowest BCUT2D eigenvalue weighted by Gasteiger charge is -2.17. The van der Waals surface area contributed by atoms with E-state index in [2.05, 4.69) is 43.4 Å². The quantitative estimate of drug-likeness (QED) is 0.696. The van der Waals surface area contributed by atoms with E-state index in [1.165, 1.54) is 11.1 Å². The Balaban J connectivity index is 2.45. The van der Waals surface area contributed by atoms with Gasteiger partial charge in [-0.3, -0.25) is 0 Å². The SMILES string of the molecule is CNC(COCCCOC)c1ccc(C(C)C)cc1. The van der Waals surface area contributed by atoms with Gasteiger partial charge in [-0.05, 0) is 30.5 Å². The van der Waals surface area contributed by atoms with Crippen molar-refractivity contribution < 1.29 is 9.47 Å². The number of hydrogen-bond acceptors (Lipinski definition) is 3. The van der Waals surface area contributed by atoms with Gasteiger partial charge in [0.1, 0.15) is 0 Å². The van der Waals surface area contributed by atoms with Crippen LogP contribution in [-0.4, -0.2) is 34.0 Å². The Bertz CT molecular complexity index is 335. The van der Waals surface area contributed by atoms with E-state index in [1.807, 2.05) is 7.05 Å². The third kappa shape index (κ3) is 5.72. The average Bonchev–Trinajstić information content (AvgIpc) is 2.43. The van der Waals surface area contributed by atoms with Crippen LogP contribution in [0.1, 0.15) is 43.4 Å². The first-order valence-electron chi connectivity index (χ1n) is 7.02. The summed E-state index contributed by atoms with van der Waals surface area (Å²) < 4.78 is 10.7. The van der Waals surface area contributed by atoms with Gasteiger partial charge in [-0.1, -0.05) is 38.1 Å². The van der Waals surface area contributed by atoms with E-state index in [0.717, 1.165) is 19.6 Å². The van der Waals surface area contributed by atoms with Crippen molar-refractivity contribution in [1.29, 1.82) is 0 Å². The average molecular weight is 265 g/mol. The molecule has 19 heavy (non-hydrogen) atoms. The Kier molecular flexibility index (Phi) is 7.72. The summed E-state index contributed by atoms with van der Waals surface area (Å²) in [4.78, 5) is 0. The molecule has 0 saturated heterocycles. The van der Waals surface area contributed by atoms with Crippen molar-refractivity contribution in [2.45, 2.75) is 32.2 Å². The molecule has 3 heteroatoms. The molecule has 0 aliphatic rings. The highest BCUT2D eigenvalue weighted by atomic mass is 16.5. The Morgan fingerprint density at radius 1 is 1.05 bits per heavy atom. The number of rotatable bonds is 9. The minimum atomic E-state index is 0.253. The molecule has 1 N–H and O–H groups in total. The number of likely N-dealkylation sites (N-methyl/N-ethyl adjacent to an activating group) is 1. The fraction of sp³-hybridized carbons (Fsp3) is 0.625. The normalized spacial score (nSPS) is 12.9. The van der Waals surface area contributed by atoms with Crippen molar-refractivity contribution in [1.82, 2.24) is 5.32 Å². The Morgan fingerprint density at radius 2 is 1.68 bits per heavy atom. The molecule has 0 heterocycles. The van der Waals surface area contributed by atoms with Gasteiger partial charge in [-0.25, -0.2) is 0 Å². The van der Waals surface area contributed by atoms with Crippen LogP contribution in [0.3, 0.4) is 0 Å². The van der Waals surface area contributed by atoms with Crippen LogP contribution in [0.25, 0.3) is 0 Å². The van der Waals surface area contributed by atoms with Crippen molar-refractivity contribution in [3.63, 3.8) is 0 Å². The molecule has 1 atom stereocenters. The van der Waals surface area contributed by atoms with Crippen molar-refractivity contribution in [2.75, 3.05) is 34.0 Å². The highest BCUT2D eigenvalue weighted by molar-refractivity contribution is 5.26. The Hall–Kier alpha value is -0.900. The number of nitrogens with one attached hydrogen (secondary N) is 1. The van der Waals surface area contributed by atoms with Gasteiger partial charge in [0, 0.05) is 20.3 Å². The van der Waals surface area contributed by atoms with Crippen LogP contribution in [0, 0.1) is 0 Å². The molecule has 0 aliphatic heterocycles. The van der Waals surface area contributed by atoms with Crippen LogP contribution >= 0.6 is 0 Å². The lowest BCUT2D eigenvalue weighted by atomic mass is 9.99. The fourth-order valence-electron chi connectivity index (χ4n) is 1.97. The maximum absolute atomic E-state index is 5.68. The number of hydrogen-bond donors (Lipinski definition) is 1. The van der Waals surface area contributed by atoms with Gasteiger partial charge in [-0.15, -0.1) is 0 Å². The second-order valence-electron chi connectivity index (χ2n) is 5.08. The molecule has 0 radical (unpaired) electrons.